The highest BCUT2D eigenvalue weighted by atomic mass is 31.2. The van der Waals surface area contributed by atoms with Crippen molar-refractivity contribution in [2.45, 2.75) is 103 Å². The summed E-state index contributed by atoms with van der Waals surface area (Å²) in [6.45, 7) is 4.97. The molecule has 0 heterocycles. The molecule has 0 unspecified atom stereocenters. The third kappa shape index (κ3) is 30.0. The maximum absolute atomic E-state index is 10.4. The molecule has 2 N–H and O–H groups in total. The van der Waals surface area contributed by atoms with E-state index in [1.165, 1.54) is 89.9 Å². The summed E-state index contributed by atoms with van der Waals surface area (Å²) in [5.74, 6) is 0. The Hall–Kier alpha value is -0.0100. The van der Waals surface area contributed by atoms with E-state index in [0.29, 0.717) is 26.4 Å². The lowest BCUT2D eigenvalue weighted by molar-refractivity contribution is 0.00702. The molecule has 0 aliphatic heterocycles. The van der Waals surface area contributed by atoms with Gasteiger partial charge in [0.1, 0.15) is 0 Å². The average molecular weight is 469 g/mol. The van der Waals surface area contributed by atoms with Crippen molar-refractivity contribution in [1.82, 2.24) is 0 Å². The molecule has 0 aromatic rings. The number of ether oxygens (including phenoxy) is 3. The van der Waals surface area contributed by atoms with Crippen LogP contribution in [0, 0.1) is 0 Å². The minimum atomic E-state index is -4.39. The number of phosphoric ester groups is 1. The van der Waals surface area contributed by atoms with Crippen LogP contribution in [-0.2, 0) is 23.3 Å². The number of phosphoric acid groups is 1. The van der Waals surface area contributed by atoms with E-state index in [9.17, 15) is 4.57 Å². The quantitative estimate of drug-likeness (QED) is 0.118. The zero-order valence-corrected chi connectivity index (χ0v) is 20.8. The number of rotatable bonds is 26. The number of hydrogen-bond donors (Lipinski definition) is 2. The van der Waals surface area contributed by atoms with Gasteiger partial charge in [-0.2, -0.15) is 0 Å². The van der Waals surface area contributed by atoms with Crippen LogP contribution >= 0.6 is 7.82 Å². The Morgan fingerprint density at radius 3 is 1.19 bits per heavy atom. The summed E-state index contributed by atoms with van der Waals surface area (Å²) in [4.78, 5) is 17.0. The Kier molecular flexibility index (Phi) is 24.6. The monoisotopic (exact) mass is 468 g/mol. The van der Waals surface area contributed by atoms with Crippen LogP contribution in [0.25, 0.3) is 0 Å². The Morgan fingerprint density at radius 2 is 0.806 bits per heavy atom. The summed E-state index contributed by atoms with van der Waals surface area (Å²) in [7, 11) is -4.39. The largest absolute Gasteiger partial charge is 0.469 e. The molecule has 0 rings (SSSR count). The Labute approximate surface area is 190 Å². The van der Waals surface area contributed by atoms with Crippen LogP contribution in [-0.4, -0.2) is 56.0 Å². The fourth-order valence-corrected chi connectivity index (χ4v) is 3.64. The molecule has 0 aromatic carbocycles. The highest BCUT2D eigenvalue weighted by Crippen LogP contribution is 2.35. The van der Waals surface area contributed by atoms with Gasteiger partial charge in [-0.1, -0.05) is 96.8 Å². The molecule has 0 amide bonds. The molecule has 0 saturated heterocycles. The van der Waals surface area contributed by atoms with E-state index in [1.54, 1.807) is 0 Å². The summed E-state index contributed by atoms with van der Waals surface area (Å²) >= 11 is 0. The van der Waals surface area contributed by atoms with Crippen molar-refractivity contribution in [3.8, 4) is 0 Å². The zero-order chi connectivity index (χ0) is 22.9. The van der Waals surface area contributed by atoms with E-state index >= 15 is 0 Å². The van der Waals surface area contributed by atoms with Crippen molar-refractivity contribution in [1.29, 1.82) is 0 Å². The van der Waals surface area contributed by atoms with Gasteiger partial charge in [0, 0.05) is 6.61 Å². The first-order valence-electron chi connectivity index (χ1n) is 12.5. The summed E-state index contributed by atoms with van der Waals surface area (Å²) in [6.07, 6.45) is 20.5. The van der Waals surface area contributed by atoms with Crippen LogP contribution in [0.3, 0.4) is 0 Å². The van der Waals surface area contributed by atoms with Crippen molar-refractivity contribution in [3.63, 3.8) is 0 Å². The maximum atomic E-state index is 10.4. The second-order valence-corrected chi connectivity index (χ2v) is 9.35. The van der Waals surface area contributed by atoms with Gasteiger partial charge in [0.15, 0.2) is 0 Å². The van der Waals surface area contributed by atoms with Crippen molar-refractivity contribution < 1.29 is 33.1 Å². The summed E-state index contributed by atoms with van der Waals surface area (Å²) in [5.41, 5.74) is 0. The second-order valence-electron chi connectivity index (χ2n) is 8.11. The molecular formula is C23H49O7P. The smallest absolute Gasteiger partial charge is 0.379 e. The van der Waals surface area contributed by atoms with Crippen molar-refractivity contribution in [2.24, 2.45) is 0 Å². The molecule has 0 aliphatic rings. The normalized spacial score (nSPS) is 12.0. The second kappa shape index (κ2) is 24.6. The van der Waals surface area contributed by atoms with Crippen LogP contribution < -0.4 is 0 Å². The summed E-state index contributed by atoms with van der Waals surface area (Å²) in [5, 5.41) is 0. The minimum Gasteiger partial charge on any atom is -0.379 e. The summed E-state index contributed by atoms with van der Waals surface area (Å²) < 4.78 is 30.8. The van der Waals surface area contributed by atoms with Gasteiger partial charge in [-0.15, -0.1) is 0 Å². The first kappa shape index (κ1) is 31.0. The van der Waals surface area contributed by atoms with E-state index in [2.05, 4.69) is 11.4 Å². The van der Waals surface area contributed by atoms with Crippen LogP contribution in [0.5, 0.6) is 0 Å². The van der Waals surface area contributed by atoms with E-state index in [4.69, 9.17) is 24.0 Å². The van der Waals surface area contributed by atoms with Gasteiger partial charge < -0.3 is 24.0 Å². The minimum absolute atomic E-state index is 0.129. The van der Waals surface area contributed by atoms with E-state index in [-0.39, 0.29) is 13.2 Å². The third-order valence-corrected chi connectivity index (χ3v) is 5.64. The molecular weight excluding hydrogens is 419 g/mol. The first-order valence-corrected chi connectivity index (χ1v) is 14.0. The Morgan fingerprint density at radius 1 is 0.484 bits per heavy atom. The molecule has 0 aromatic heterocycles. The molecule has 31 heavy (non-hydrogen) atoms. The van der Waals surface area contributed by atoms with Gasteiger partial charge in [-0.25, -0.2) is 4.57 Å². The van der Waals surface area contributed by atoms with Crippen LogP contribution in [0.2, 0.25) is 0 Å². The highest BCUT2D eigenvalue weighted by Gasteiger charge is 2.12. The van der Waals surface area contributed by atoms with E-state index < -0.39 is 7.82 Å². The molecule has 8 heteroatoms. The molecule has 0 radical (unpaired) electrons. The zero-order valence-electron chi connectivity index (χ0n) is 19.9. The molecule has 0 fully saturated rings. The Bertz CT molecular complexity index is 390. The number of unbranched alkanes of at least 4 members (excludes halogenated alkanes) is 14. The Balaban J connectivity index is 3.03. The van der Waals surface area contributed by atoms with Crippen LogP contribution in [0.4, 0.5) is 0 Å². The van der Waals surface area contributed by atoms with E-state index in [1.807, 2.05) is 0 Å². The number of hydrogen-bond acceptors (Lipinski definition) is 5. The van der Waals surface area contributed by atoms with E-state index in [0.717, 1.165) is 13.0 Å². The van der Waals surface area contributed by atoms with Gasteiger partial charge in [0.05, 0.1) is 39.6 Å². The van der Waals surface area contributed by atoms with Gasteiger partial charge in [0.2, 0.25) is 0 Å². The van der Waals surface area contributed by atoms with Crippen LogP contribution in [0.15, 0.2) is 0 Å². The molecule has 7 nitrogen and oxygen atoms in total. The van der Waals surface area contributed by atoms with Crippen molar-refractivity contribution in [2.75, 3.05) is 46.2 Å². The maximum Gasteiger partial charge on any atom is 0.469 e. The topological polar surface area (TPSA) is 94.5 Å². The van der Waals surface area contributed by atoms with Crippen molar-refractivity contribution in [3.05, 3.63) is 0 Å². The third-order valence-electron chi connectivity index (χ3n) is 5.12. The highest BCUT2D eigenvalue weighted by molar-refractivity contribution is 7.46. The summed E-state index contributed by atoms with van der Waals surface area (Å²) in [6, 6.07) is 0. The average Bonchev–Trinajstić information content (AvgIpc) is 2.73. The predicted octanol–water partition coefficient (Wildman–Crippen LogP) is 6.02. The molecule has 0 saturated carbocycles. The SMILES string of the molecule is CCCCCCCCCCCCCCCCCOCCOCCOCCOP(=O)(O)O. The first-order chi connectivity index (χ1) is 15.1. The van der Waals surface area contributed by atoms with Gasteiger partial charge in [0.25, 0.3) is 0 Å². The lowest BCUT2D eigenvalue weighted by Crippen LogP contribution is -2.11. The van der Waals surface area contributed by atoms with Gasteiger partial charge in [-0.05, 0) is 6.42 Å². The molecule has 0 aliphatic carbocycles. The fourth-order valence-electron chi connectivity index (χ4n) is 3.33. The molecule has 0 bridgehead atoms. The molecule has 0 spiro atoms. The van der Waals surface area contributed by atoms with Gasteiger partial charge in [-0.3, -0.25) is 4.52 Å². The van der Waals surface area contributed by atoms with Crippen molar-refractivity contribution >= 4 is 7.82 Å². The molecule has 188 valence electrons. The fraction of sp³-hybridized carbons (Fsp3) is 1.00. The lowest BCUT2D eigenvalue weighted by atomic mass is 10.0. The predicted molar refractivity (Wildman–Crippen MR) is 125 cm³/mol. The van der Waals surface area contributed by atoms with Crippen LogP contribution in [0.1, 0.15) is 103 Å². The molecule has 0 atom stereocenters. The van der Waals surface area contributed by atoms with Gasteiger partial charge >= 0.3 is 7.82 Å². The lowest BCUT2D eigenvalue weighted by Gasteiger charge is -2.08. The standard InChI is InChI=1S/C23H49O7P/c1-2-3-4-5-6-7-8-9-10-11-12-13-14-15-16-17-27-18-19-28-20-21-29-22-23-30-31(24,25)26/h2-23H2,1H3,(H2,24,25,26).